The van der Waals surface area contributed by atoms with E-state index < -0.39 is 28.5 Å². The van der Waals surface area contributed by atoms with Crippen molar-refractivity contribution in [3.05, 3.63) is 59.4 Å². The number of aryl methyl sites for hydroxylation is 1. The Labute approximate surface area is 141 Å². The highest BCUT2D eigenvalue weighted by molar-refractivity contribution is 7.89. The molecule has 2 rings (SSSR count). The second-order valence-electron chi connectivity index (χ2n) is 5.40. The van der Waals surface area contributed by atoms with Gasteiger partial charge in [-0.3, -0.25) is 0 Å². The molecule has 0 spiro atoms. The second kappa shape index (κ2) is 7.29. The molecule has 5 nitrogen and oxygen atoms in total. The summed E-state index contributed by atoms with van der Waals surface area (Å²) in [4.78, 5) is -0.153. The highest BCUT2D eigenvalue weighted by Crippen LogP contribution is 2.27. The molecule has 1 atom stereocenters. The van der Waals surface area contributed by atoms with Crippen LogP contribution in [0.3, 0.4) is 0 Å². The lowest BCUT2D eigenvalue weighted by Crippen LogP contribution is -2.33. The largest absolute Gasteiger partial charge is 0.497 e. The van der Waals surface area contributed by atoms with Gasteiger partial charge in [0.2, 0.25) is 10.0 Å². The van der Waals surface area contributed by atoms with E-state index in [4.69, 9.17) is 4.74 Å². The number of nitrogens with zero attached hydrogens (tertiary/aromatic N) is 1. The minimum absolute atomic E-state index is 0.153. The van der Waals surface area contributed by atoms with Crippen molar-refractivity contribution in [3.8, 4) is 5.75 Å². The molecule has 2 aromatic carbocycles. The number of benzene rings is 2. The molecule has 0 saturated heterocycles. The number of sulfonamides is 1. The first-order valence-corrected chi connectivity index (χ1v) is 8.74. The monoisotopic (exact) mass is 353 g/mol. The van der Waals surface area contributed by atoms with Gasteiger partial charge < -0.3 is 9.84 Å². The van der Waals surface area contributed by atoms with Crippen molar-refractivity contribution >= 4 is 10.0 Å². The Balaban J connectivity index is 2.38. The lowest BCUT2D eigenvalue weighted by atomic mass is 10.1. The molecule has 0 aliphatic carbocycles. The van der Waals surface area contributed by atoms with Crippen molar-refractivity contribution in [3.63, 3.8) is 0 Å². The number of rotatable bonds is 6. The molecule has 0 amide bonds. The van der Waals surface area contributed by atoms with Gasteiger partial charge in [0, 0.05) is 7.05 Å². The molecule has 0 unspecified atom stereocenters. The zero-order valence-electron chi connectivity index (χ0n) is 13.7. The minimum atomic E-state index is -3.95. The zero-order chi connectivity index (χ0) is 17.9. The maximum atomic E-state index is 13.7. The second-order valence-corrected chi connectivity index (χ2v) is 7.40. The Morgan fingerprint density at radius 2 is 1.83 bits per heavy atom. The van der Waals surface area contributed by atoms with Gasteiger partial charge in [0.1, 0.15) is 11.6 Å². The van der Waals surface area contributed by atoms with Gasteiger partial charge in [0.25, 0.3) is 0 Å². The van der Waals surface area contributed by atoms with E-state index in [1.165, 1.54) is 26.3 Å². The fourth-order valence-corrected chi connectivity index (χ4v) is 3.67. The summed E-state index contributed by atoms with van der Waals surface area (Å²) in [6, 6.07) is 9.70. The average Bonchev–Trinajstić information content (AvgIpc) is 2.58. The lowest BCUT2D eigenvalue weighted by Gasteiger charge is -2.26. The molecule has 0 saturated carbocycles. The summed E-state index contributed by atoms with van der Waals surface area (Å²) in [6.45, 7) is 1.15. The van der Waals surface area contributed by atoms with E-state index in [1.54, 1.807) is 31.2 Å². The van der Waals surface area contributed by atoms with E-state index in [0.29, 0.717) is 16.9 Å². The summed E-state index contributed by atoms with van der Waals surface area (Å²) in [5.74, 6) is 0.0380. The Bertz CT molecular complexity index is 806. The van der Waals surface area contributed by atoms with Crippen LogP contribution in [0.1, 0.15) is 17.2 Å². The van der Waals surface area contributed by atoms with Crippen LogP contribution in [0.5, 0.6) is 5.75 Å². The molecule has 0 aromatic heterocycles. The van der Waals surface area contributed by atoms with Crippen molar-refractivity contribution in [2.45, 2.75) is 17.9 Å². The molecular weight excluding hydrogens is 333 g/mol. The lowest BCUT2D eigenvalue weighted by molar-refractivity contribution is 0.204. The first-order valence-electron chi connectivity index (χ1n) is 7.30. The van der Waals surface area contributed by atoms with Gasteiger partial charge in [0.05, 0.1) is 24.7 Å². The standard InChI is InChI=1S/C17H20FNO4S/c1-12-4-9-15(10-16(12)18)24(21,22)19(2)17(11-20)13-5-7-14(23-3)8-6-13/h4-10,17,20H,11H2,1-3H3/t17-/m0/s1. The van der Waals surface area contributed by atoms with Crippen LogP contribution in [-0.2, 0) is 10.0 Å². The Morgan fingerprint density at radius 3 is 2.33 bits per heavy atom. The Morgan fingerprint density at radius 1 is 1.21 bits per heavy atom. The average molecular weight is 353 g/mol. The highest BCUT2D eigenvalue weighted by atomic mass is 32.2. The Hall–Kier alpha value is -1.96. The van der Waals surface area contributed by atoms with E-state index in [0.717, 1.165) is 10.4 Å². The van der Waals surface area contributed by atoms with Gasteiger partial charge in [-0.1, -0.05) is 18.2 Å². The first kappa shape index (κ1) is 18.4. The number of aliphatic hydroxyl groups excluding tert-OH is 1. The number of hydrogen-bond donors (Lipinski definition) is 1. The highest BCUT2D eigenvalue weighted by Gasteiger charge is 2.29. The summed E-state index contributed by atoms with van der Waals surface area (Å²) in [7, 11) is -1.06. The third-order valence-corrected chi connectivity index (χ3v) is 5.80. The molecule has 130 valence electrons. The van der Waals surface area contributed by atoms with Crippen LogP contribution in [0.25, 0.3) is 0 Å². The third-order valence-electron chi connectivity index (χ3n) is 3.93. The molecular formula is C17H20FNO4S. The first-order chi connectivity index (χ1) is 11.3. The number of aliphatic hydroxyl groups is 1. The molecule has 0 aliphatic rings. The smallest absolute Gasteiger partial charge is 0.243 e. The van der Waals surface area contributed by atoms with Crippen LogP contribution in [0.2, 0.25) is 0 Å². The maximum absolute atomic E-state index is 13.7. The van der Waals surface area contributed by atoms with Crippen LogP contribution in [0.15, 0.2) is 47.4 Å². The SMILES string of the molecule is COc1ccc([C@H](CO)N(C)S(=O)(=O)c2ccc(C)c(F)c2)cc1. The molecule has 0 aliphatic heterocycles. The predicted molar refractivity (Wildman–Crippen MR) is 88.9 cm³/mol. The van der Waals surface area contributed by atoms with Crippen molar-refractivity contribution in [1.82, 2.24) is 4.31 Å². The van der Waals surface area contributed by atoms with Gasteiger partial charge >= 0.3 is 0 Å². The topological polar surface area (TPSA) is 66.8 Å². The van der Waals surface area contributed by atoms with Crippen LogP contribution >= 0.6 is 0 Å². The molecule has 2 aromatic rings. The normalized spacial score (nSPS) is 13.1. The molecule has 0 bridgehead atoms. The zero-order valence-corrected chi connectivity index (χ0v) is 14.5. The van der Waals surface area contributed by atoms with E-state index in [9.17, 15) is 17.9 Å². The van der Waals surface area contributed by atoms with Crippen LogP contribution in [0, 0.1) is 12.7 Å². The Kier molecular flexibility index (Phi) is 5.58. The molecule has 0 radical (unpaired) electrons. The summed E-state index contributed by atoms with van der Waals surface area (Å²) in [5, 5.41) is 9.67. The van der Waals surface area contributed by atoms with Gasteiger partial charge in [-0.25, -0.2) is 12.8 Å². The quantitative estimate of drug-likeness (QED) is 0.866. The van der Waals surface area contributed by atoms with Crippen molar-refractivity contribution in [2.75, 3.05) is 20.8 Å². The molecule has 1 N–H and O–H groups in total. The van der Waals surface area contributed by atoms with Crippen molar-refractivity contribution in [1.29, 1.82) is 0 Å². The van der Waals surface area contributed by atoms with Crippen LogP contribution in [-0.4, -0.2) is 38.6 Å². The number of methoxy groups -OCH3 is 1. The summed E-state index contributed by atoms with van der Waals surface area (Å²) < 4.78 is 45.3. The van der Waals surface area contributed by atoms with E-state index in [1.807, 2.05) is 0 Å². The molecule has 0 heterocycles. The van der Waals surface area contributed by atoms with Crippen LogP contribution in [0.4, 0.5) is 4.39 Å². The van der Waals surface area contributed by atoms with E-state index >= 15 is 0 Å². The molecule has 0 fully saturated rings. The van der Waals surface area contributed by atoms with Gasteiger partial charge in [-0.15, -0.1) is 0 Å². The van der Waals surface area contributed by atoms with Gasteiger partial charge in [-0.05, 0) is 42.3 Å². The maximum Gasteiger partial charge on any atom is 0.243 e. The minimum Gasteiger partial charge on any atom is -0.497 e. The predicted octanol–water partition coefficient (Wildman–Crippen LogP) is 2.50. The third kappa shape index (κ3) is 3.58. The molecule has 24 heavy (non-hydrogen) atoms. The fourth-order valence-electron chi connectivity index (χ4n) is 2.32. The van der Waals surface area contributed by atoms with E-state index in [-0.39, 0.29) is 4.90 Å². The number of likely N-dealkylation sites (N-methyl/N-ethyl adjacent to an activating group) is 1. The number of halogens is 1. The van der Waals surface area contributed by atoms with Gasteiger partial charge in [0.15, 0.2) is 0 Å². The fraction of sp³-hybridized carbons (Fsp3) is 0.294. The number of ether oxygens (including phenoxy) is 1. The summed E-state index contributed by atoms with van der Waals surface area (Å²) >= 11 is 0. The summed E-state index contributed by atoms with van der Waals surface area (Å²) in [5.41, 5.74) is 0.974. The van der Waals surface area contributed by atoms with Crippen LogP contribution < -0.4 is 4.74 Å². The van der Waals surface area contributed by atoms with Gasteiger partial charge in [-0.2, -0.15) is 4.31 Å². The van der Waals surface area contributed by atoms with Crippen molar-refractivity contribution < 1.29 is 22.7 Å². The number of hydrogen-bond acceptors (Lipinski definition) is 4. The summed E-state index contributed by atoms with van der Waals surface area (Å²) in [6.07, 6.45) is 0. The van der Waals surface area contributed by atoms with E-state index in [2.05, 4.69) is 0 Å². The molecule has 7 heteroatoms. The van der Waals surface area contributed by atoms with Crippen molar-refractivity contribution in [2.24, 2.45) is 0 Å².